The van der Waals surface area contributed by atoms with E-state index in [0.29, 0.717) is 31.2 Å². The van der Waals surface area contributed by atoms with Crippen molar-refractivity contribution < 1.29 is 23.8 Å². The van der Waals surface area contributed by atoms with Crippen LogP contribution in [0, 0.1) is 0 Å². The number of methoxy groups -OCH3 is 1. The van der Waals surface area contributed by atoms with Crippen molar-refractivity contribution in [3.8, 4) is 11.5 Å². The fourth-order valence-corrected chi connectivity index (χ4v) is 2.54. The first-order valence-corrected chi connectivity index (χ1v) is 8.55. The summed E-state index contributed by atoms with van der Waals surface area (Å²) in [4.78, 5) is 25.4. The number of nitrogens with one attached hydrogen (secondary N) is 2. The van der Waals surface area contributed by atoms with E-state index in [0.717, 1.165) is 5.56 Å². The highest BCUT2D eigenvalue weighted by atomic mass is 16.5. The fraction of sp³-hybridized carbons (Fsp3) is 0.556. The minimum Gasteiger partial charge on any atom is -0.493 e. The van der Waals surface area contributed by atoms with Crippen LogP contribution in [0.5, 0.6) is 11.5 Å². The predicted octanol–water partition coefficient (Wildman–Crippen LogP) is 0.155. The highest BCUT2D eigenvalue weighted by Gasteiger charge is 2.27. The molecule has 26 heavy (non-hydrogen) atoms. The van der Waals surface area contributed by atoms with Gasteiger partial charge in [0, 0.05) is 27.2 Å². The van der Waals surface area contributed by atoms with Crippen LogP contribution in [0.15, 0.2) is 18.2 Å². The molecule has 1 aliphatic rings. The first kappa shape index (κ1) is 20.0. The van der Waals surface area contributed by atoms with Gasteiger partial charge in [0.2, 0.25) is 5.91 Å². The number of amides is 2. The number of rotatable bonds is 7. The largest absolute Gasteiger partial charge is 0.493 e. The van der Waals surface area contributed by atoms with E-state index >= 15 is 0 Å². The molecule has 0 spiro atoms. The van der Waals surface area contributed by atoms with Gasteiger partial charge in [-0.3, -0.25) is 9.59 Å². The summed E-state index contributed by atoms with van der Waals surface area (Å²) in [5.74, 6) is 0.748. The van der Waals surface area contributed by atoms with Gasteiger partial charge < -0.3 is 29.7 Å². The number of carbonyl (C=O) groups excluding carboxylic acids is 2. The number of benzene rings is 1. The molecule has 1 fully saturated rings. The highest BCUT2D eigenvalue weighted by Crippen LogP contribution is 2.28. The molecular weight excluding hydrogens is 338 g/mol. The number of hydrogen-bond acceptors (Lipinski definition) is 6. The van der Waals surface area contributed by atoms with Gasteiger partial charge in [-0.15, -0.1) is 0 Å². The summed E-state index contributed by atoms with van der Waals surface area (Å²) >= 11 is 0. The maximum Gasteiger partial charge on any atom is 0.259 e. The van der Waals surface area contributed by atoms with Gasteiger partial charge in [0.1, 0.15) is 6.04 Å². The molecule has 144 valence electrons. The molecule has 1 saturated heterocycles. The van der Waals surface area contributed by atoms with E-state index in [1.54, 1.807) is 26.2 Å². The average Bonchev–Trinajstić information content (AvgIpc) is 2.64. The summed E-state index contributed by atoms with van der Waals surface area (Å²) in [7, 11) is 4.87. The lowest BCUT2D eigenvalue weighted by Crippen LogP contribution is -2.55. The molecule has 2 N–H and O–H groups in total. The second kappa shape index (κ2) is 9.40. The average molecular weight is 365 g/mol. The molecule has 2 atom stereocenters. The predicted molar refractivity (Wildman–Crippen MR) is 96.2 cm³/mol. The molecule has 1 aromatic rings. The zero-order chi connectivity index (χ0) is 19.1. The third kappa shape index (κ3) is 5.34. The zero-order valence-electron chi connectivity index (χ0n) is 15.7. The van der Waals surface area contributed by atoms with Gasteiger partial charge in [-0.25, -0.2) is 0 Å². The van der Waals surface area contributed by atoms with Crippen LogP contribution in [0.2, 0.25) is 0 Å². The summed E-state index contributed by atoms with van der Waals surface area (Å²) < 4.78 is 16.3. The number of nitrogens with zero attached hydrogens (tertiary/aromatic N) is 1. The molecule has 0 bridgehead atoms. The van der Waals surface area contributed by atoms with E-state index in [9.17, 15) is 9.59 Å². The second-order valence-corrected chi connectivity index (χ2v) is 6.29. The van der Waals surface area contributed by atoms with Crippen molar-refractivity contribution in [2.45, 2.75) is 25.6 Å². The van der Waals surface area contributed by atoms with Crippen LogP contribution in [0.1, 0.15) is 12.5 Å². The van der Waals surface area contributed by atoms with Gasteiger partial charge in [-0.1, -0.05) is 6.07 Å². The van der Waals surface area contributed by atoms with Gasteiger partial charge in [-0.05, 0) is 24.6 Å². The van der Waals surface area contributed by atoms with Crippen LogP contribution >= 0.6 is 0 Å². The third-order valence-electron chi connectivity index (χ3n) is 4.14. The lowest BCUT2D eigenvalue weighted by Gasteiger charge is -2.29. The Labute approximate surface area is 153 Å². The summed E-state index contributed by atoms with van der Waals surface area (Å²) in [5.41, 5.74) is 0.867. The van der Waals surface area contributed by atoms with Crippen LogP contribution < -0.4 is 20.1 Å². The van der Waals surface area contributed by atoms with Crippen LogP contribution in [0.3, 0.4) is 0 Å². The van der Waals surface area contributed by atoms with E-state index in [1.807, 2.05) is 13.0 Å². The summed E-state index contributed by atoms with van der Waals surface area (Å²) in [6.45, 7) is 3.44. The van der Waals surface area contributed by atoms with Gasteiger partial charge in [0.25, 0.3) is 5.91 Å². The van der Waals surface area contributed by atoms with Gasteiger partial charge in [0.05, 0.1) is 19.8 Å². The highest BCUT2D eigenvalue weighted by molar-refractivity contribution is 5.82. The minimum atomic E-state index is -0.356. The van der Waals surface area contributed by atoms with Gasteiger partial charge >= 0.3 is 0 Å². The Bertz CT molecular complexity index is 635. The molecule has 8 heteroatoms. The number of hydrogen-bond donors (Lipinski definition) is 2. The maximum atomic E-state index is 12.3. The normalized spacial score (nSPS) is 19.5. The Balaban J connectivity index is 1.93. The standard InChI is InChI=1S/C18H27N3O5/c1-12-17(19-7-8-25-12)18(23)20-10-13-5-6-14(15(9-13)24-4)26-11-16(22)21(2)3/h5-6,9,12,17,19H,7-8,10-11H2,1-4H3,(H,20,23)/t12-,17+/m1/s1. The second-order valence-electron chi connectivity index (χ2n) is 6.29. The monoisotopic (exact) mass is 365 g/mol. The van der Waals surface area contributed by atoms with Crippen molar-refractivity contribution >= 4 is 11.8 Å². The molecule has 0 unspecified atom stereocenters. The lowest BCUT2D eigenvalue weighted by molar-refractivity contribution is -0.131. The molecule has 0 aromatic heterocycles. The molecule has 0 saturated carbocycles. The van der Waals surface area contributed by atoms with Crippen molar-refractivity contribution in [3.05, 3.63) is 23.8 Å². The Morgan fingerprint density at radius 1 is 1.35 bits per heavy atom. The first-order chi connectivity index (χ1) is 12.4. The van der Waals surface area contributed by atoms with Crippen molar-refractivity contribution in [2.24, 2.45) is 0 Å². The van der Waals surface area contributed by atoms with Crippen molar-refractivity contribution in [3.63, 3.8) is 0 Å². The smallest absolute Gasteiger partial charge is 0.259 e. The number of ether oxygens (including phenoxy) is 3. The van der Waals surface area contributed by atoms with E-state index in [1.165, 1.54) is 12.0 Å². The zero-order valence-corrected chi connectivity index (χ0v) is 15.7. The summed E-state index contributed by atoms with van der Waals surface area (Å²) in [6.07, 6.45) is -0.164. The van der Waals surface area contributed by atoms with Crippen LogP contribution in [-0.4, -0.2) is 69.8 Å². The topological polar surface area (TPSA) is 89.1 Å². The van der Waals surface area contributed by atoms with E-state index in [4.69, 9.17) is 14.2 Å². The van der Waals surface area contributed by atoms with Crippen LogP contribution in [0.4, 0.5) is 0 Å². The lowest BCUT2D eigenvalue weighted by atomic mass is 10.1. The first-order valence-electron chi connectivity index (χ1n) is 8.55. The summed E-state index contributed by atoms with van der Waals surface area (Å²) in [6, 6.07) is 4.98. The maximum absolute atomic E-state index is 12.3. The SMILES string of the molecule is COc1cc(CNC(=O)[C@H]2NCCO[C@@H]2C)ccc1OCC(=O)N(C)C. The summed E-state index contributed by atoms with van der Waals surface area (Å²) in [5, 5.41) is 6.05. The molecule has 0 aliphatic carbocycles. The Kier molecular flexibility index (Phi) is 7.23. The minimum absolute atomic E-state index is 0.0648. The fourth-order valence-electron chi connectivity index (χ4n) is 2.54. The van der Waals surface area contributed by atoms with Crippen LogP contribution in [0.25, 0.3) is 0 Å². The van der Waals surface area contributed by atoms with Gasteiger partial charge in [0.15, 0.2) is 18.1 Å². The quantitative estimate of drug-likeness (QED) is 0.715. The molecule has 1 aliphatic heterocycles. The van der Waals surface area contributed by atoms with E-state index < -0.39 is 0 Å². The number of likely N-dealkylation sites (N-methyl/N-ethyl adjacent to an activating group) is 1. The van der Waals surface area contributed by atoms with Crippen molar-refractivity contribution in [2.75, 3.05) is 41.0 Å². The Hall–Kier alpha value is -2.32. The molecule has 2 rings (SSSR count). The Morgan fingerprint density at radius 3 is 2.77 bits per heavy atom. The number of morpholine rings is 1. The Morgan fingerprint density at radius 2 is 2.12 bits per heavy atom. The van der Waals surface area contributed by atoms with E-state index in [2.05, 4.69) is 10.6 Å². The van der Waals surface area contributed by atoms with Gasteiger partial charge in [-0.2, -0.15) is 0 Å². The van der Waals surface area contributed by atoms with Crippen molar-refractivity contribution in [1.82, 2.24) is 15.5 Å². The van der Waals surface area contributed by atoms with Crippen molar-refractivity contribution in [1.29, 1.82) is 0 Å². The third-order valence-corrected chi connectivity index (χ3v) is 4.14. The molecule has 1 heterocycles. The number of carbonyl (C=O) groups is 2. The molecule has 1 aromatic carbocycles. The van der Waals surface area contributed by atoms with Crippen LogP contribution in [-0.2, 0) is 20.9 Å². The molecule has 2 amide bonds. The molecule has 8 nitrogen and oxygen atoms in total. The van der Waals surface area contributed by atoms with E-state index in [-0.39, 0.29) is 30.6 Å². The molecular formula is C18H27N3O5. The molecule has 0 radical (unpaired) electrons.